The number of hydrogen-bond acceptors (Lipinski definition) is 6. The summed E-state index contributed by atoms with van der Waals surface area (Å²) in [6, 6.07) is 7.95. The fourth-order valence-corrected chi connectivity index (χ4v) is 7.76. The maximum Gasteiger partial charge on any atom is 0.312 e. The molecule has 0 saturated carbocycles. The van der Waals surface area contributed by atoms with Crippen LogP contribution in [0.3, 0.4) is 0 Å². The van der Waals surface area contributed by atoms with Gasteiger partial charge in [-0.2, -0.15) is 0 Å². The molecule has 0 aromatic heterocycles. The van der Waals surface area contributed by atoms with E-state index in [-0.39, 0.29) is 29.9 Å². The number of nitrogens with zero attached hydrogens (tertiary/aromatic N) is 2. The van der Waals surface area contributed by atoms with Crippen molar-refractivity contribution in [1.82, 2.24) is 9.80 Å². The normalized spacial score (nSPS) is 28.8. The van der Waals surface area contributed by atoms with Gasteiger partial charge in [-0.3, -0.25) is 14.4 Å². The molecule has 7 atom stereocenters. The second-order valence-corrected chi connectivity index (χ2v) is 12.5. The average Bonchev–Trinajstić information content (AvgIpc) is 3.57. The molecule has 3 saturated heterocycles. The number of benzene rings is 1. The van der Waals surface area contributed by atoms with Gasteiger partial charge in [0.1, 0.15) is 11.6 Å². The molecule has 1 aromatic rings. The lowest BCUT2D eigenvalue weighted by Crippen LogP contribution is -2.59. The number of allylic oxidation sites excluding steroid dienone is 1. The number of alkyl halides is 1. The summed E-state index contributed by atoms with van der Waals surface area (Å²) in [5, 5.41) is 10.6. The first kappa shape index (κ1) is 31.4. The monoisotopic (exact) mass is 630 g/mol. The molecule has 224 valence electrons. The number of rotatable bonds is 16. The standard InChI is InChI=1S/C32H43BrN2O6/c1-4-7-12-17-34(16-6-3)30(38)28-32-20-24(33)27(41-32)25(31(39)40-18-13-8-5-2)26(32)29(37)35(28)23(21-36)19-22-14-10-9-11-15-22/h5-6,9-11,14-15,23-28,36H,2-4,7-8,12-13,16-21H2,1H3/t23-,24?,25+,26+,27+,28?,32?/m1/s1. The number of unbranched alkanes of at least 4 members (excludes halogenated alkanes) is 3. The van der Waals surface area contributed by atoms with Crippen molar-refractivity contribution in [2.24, 2.45) is 11.8 Å². The molecule has 3 aliphatic rings. The zero-order valence-corrected chi connectivity index (χ0v) is 25.5. The molecule has 1 aromatic carbocycles. The van der Waals surface area contributed by atoms with E-state index in [1.54, 1.807) is 17.1 Å². The van der Waals surface area contributed by atoms with Crippen molar-refractivity contribution in [3.05, 3.63) is 61.2 Å². The summed E-state index contributed by atoms with van der Waals surface area (Å²) in [5.41, 5.74) is -0.265. The molecule has 1 N–H and O–H groups in total. The highest BCUT2D eigenvalue weighted by Gasteiger charge is 2.77. The maximum atomic E-state index is 14.5. The lowest BCUT2D eigenvalue weighted by molar-refractivity contribution is -0.156. The molecule has 4 rings (SSSR count). The zero-order valence-electron chi connectivity index (χ0n) is 24.0. The number of likely N-dealkylation sites (tertiary alicyclic amines) is 1. The summed E-state index contributed by atoms with van der Waals surface area (Å²) >= 11 is 3.71. The van der Waals surface area contributed by atoms with Gasteiger partial charge in [0.2, 0.25) is 11.8 Å². The molecule has 3 aliphatic heterocycles. The van der Waals surface area contributed by atoms with Crippen molar-refractivity contribution < 1.29 is 29.0 Å². The highest BCUT2D eigenvalue weighted by atomic mass is 79.9. The van der Waals surface area contributed by atoms with Crippen LogP contribution in [0.2, 0.25) is 0 Å². The number of amides is 2. The minimum Gasteiger partial charge on any atom is -0.465 e. The van der Waals surface area contributed by atoms with Crippen LogP contribution in [0.1, 0.15) is 51.0 Å². The number of ether oxygens (including phenoxy) is 2. The lowest BCUT2D eigenvalue weighted by atomic mass is 9.70. The third kappa shape index (κ3) is 6.18. The van der Waals surface area contributed by atoms with Gasteiger partial charge in [-0.05, 0) is 37.7 Å². The van der Waals surface area contributed by atoms with Gasteiger partial charge in [0.25, 0.3) is 0 Å². The first-order valence-electron chi connectivity index (χ1n) is 14.8. The van der Waals surface area contributed by atoms with E-state index in [1.165, 1.54) is 4.90 Å². The Balaban J connectivity index is 1.73. The Kier molecular flexibility index (Phi) is 10.8. The minimum atomic E-state index is -1.20. The van der Waals surface area contributed by atoms with Crippen LogP contribution in [0.15, 0.2) is 55.6 Å². The molecular formula is C32H43BrN2O6. The minimum absolute atomic E-state index is 0.220. The largest absolute Gasteiger partial charge is 0.465 e. The Labute approximate surface area is 251 Å². The molecule has 0 radical (unpaired) electrons. The third-order valence-electron chi connectivity index (χ3n) is 8.64. The molecular weight excluding hydrogens is 588 g/mol. The Morgan fingerprint density at radius 1 is 1.24 bits per heavy atom. The van der Waals surface area contributed by atoms with E-state index >= 15 is 0 Å². The number of halogens is 1. The molecule has 8 nitrogen and oxygen atoms in total. The Morgan fingerprint density at radius 2 is 2.00 bits per heavy atom. The highest BCUT2D eigenvalue weighted by molar-refractivity contribution is 9.09. The van der Waals surface area contributed by atoms with Crippen LogP contribution in [-0.2, 0) is 30.3 Å². The summed E-state index contributed by atoms with van der Waals surface area (Å²) in [5.74, 6) is -2.75. The van der Waals surface area contributed by atoms with Crippen LogP contribution in [0.5, 0.6) is 0 Å². The highest BCUT2D eigenvalue weighted by Crippen LogP contribution is 2.60. The van der Waals surface area contributed by atoms with Crippen LogP contribution in [0.25, 0.3) is 0 Å². The van der Waals surface area contributed by atoms with E-state index in [0.717, 1.165) is 24.8 Å². The Morgan fingerprint density at radius 3 is 2.66 bits per heavy atom. The molecule has 41 heavy (non-hydrogen) atoms. The van der Waals surface area contributed by atoms with Crippen molar-refractivity contribution in [3.8, 4) is 0 Å². The number of carbonyl (C=O) groups excluding carboxylic acids is 3. The molecule has 3 fully saturated rings. The van der Waals surface area contributed by atoms with E-state index in [2.05, 4.69) is 36.0 Å². The van der Waals surface area contributed by atoms with Crippen molar-refractivity contribution in [2.45, 2.75) is 80.5 Å². The molecule has 3 unspecified atom stereocenters. The molecule has 2 bridgehead atoms. The van der Waals surface area contributed by atoms with Gasteiger partial charge in [-0.25, -0.2) is 0 Å². The zero-order chi connectivity index (χ0) is 29.6. The second kappa shape index (κ2) is 14.1. The van der Waals surface area contributed by atoms with Crippen LogP contribution in [0, 0.1) is 11.8 Å². The molecule has 1 spiro atoms. The first-order chi connectivity index (χ1) is 19.8. The topological polar surface area (TPSA) is 96.4 Å². The van der Waals surface area contributed by atoms with E-state index in [0.29, 0.717) is 38.8 Å². The van der Waals surface area contributed by atoms with Gasteiger partial charge in [-0.1, -0.05) is 78.2 Å². The van der Waals surface area contributed by atoms with Crippen LogP contribution in [0.4, 0.5) is 0 Å². The molecule has 9 heteroatoms. The molecule has 3 heterocycles. The Hall–Kier alpha value is -2.49. The lowest BCUT2D eigenvalue weighted by Gasteiger charge is -2.39. The van der Waals surface area contributed by atoms with Crippen molar-refractivity contribution in [3.63, 3.8) is 0 Å². The van der Waals surface area contributed by atoms with Gasteiger partial charge < -0.3 is 24.4 Å². The summed E-state index contributed by atoms with van der Waals surface area (Å²) in [7, 11) is 0. The van der Waals surface area contributed by atoms with Crippen LogP contribution >= 0.6 is 15.9 Å². The van der Waals surface area contributed by atoms with Crippen LogP contribution in [-0.4, -0.2) is 87.6 Å². The van der Waals surface area contributed by atoms with E-state index in [1.807, 2.05) is 30.3 Å². The Bertz CT molecular complexity index is 1100. The van der Waals surface area contributed by atoms with Gasteiger partial charge in [0.05, 0.1) is 37.2 Å². The number of esters is 1. The third-order valence-corrected chi connectivity index (χ3v) is 9.49. The van der Waals surface area contributed by atoms with Gasteiger partial charge in [0, 0.05) is 17.9 Å². The summed E-state index contributed by atoms with van der Waals surface area (Å²) in [6.45, 7) is 10.4. The van der Waals surface area contributed by atoms with E-state index < -0.39 is 41.6 Å². The molecule has 0 aliphatic carbocycles. The van der Waals surface area contributed by atoms with Crippen molar-refractivity contribution in [1.29, 1.82) is 0 Å². The average molecular weight is 632 g/mol. The SMILES string of the molecule is C=CCCCOC(=O)[C@H]1[C@H]2C(=O)N([C@@H](CO)Cc3ccccc3)C(C(=O)N(CC=C)CCCCC)C23CC(Br)[C@@H]1O3. The second-order valence-electron chi connectivity index (χ2n) is 11.3. The summed E-state index contributed by atoms with van der Waals surface area (Å²) in [6.07, 6.45) is 7.80. The van der Waals surface area contributed by atoms with E-state index in [9.17, 15) is 19.5 Å². The van der Waals surface area contributed by atoms with Crippen molar-refractivity contribution in [2.75, 3.05) is 26.3 Å². The fourth-order valence-electron chi connectivity index (χ4n) is 6.82. The van der Waals surface area contributed by atoms with Gasteiger partial charge in [-0.15, -0.1) is 13.2 Å². The number of carbonyl (C=O) groups is 3. The predicted molar refractivity (Wildman–Crippen MR) is 160 cm³/mol. The number of aliphatic hydroxyl groups excluding tert-OH is 1. The number of aliphatic hydroxyl groups is 1. The summed E-state index contributed by atoms with van der Waals surface area (Å²) < 4.78 is 12.2. The van der Waals surface area contributed by atoms with E-state index in [4.69, 9.17) is 9.47 Å². The molecule has 2 amide bonds. The van der Waals surface area contributed by atoms with Gasteiger partial charge in [0.15, 0.2) is 0 Å². The number of fused-ring (bicyclic) bond motifs is 1. The maximum absolute atomic E-state index is 14.5. The van der Waals surface area contributed by atoms with Crippen LogP contribution < -0.4 is 0 Å². The fraction of sp³-hybridized carbons (Fsp3) is 0.594. The quantitative estimate of drug-likeness (QED) is 0.128. The smallest absolute Gasteiger partial charge is 0.312 e. The van der Waals surface area contributed by atoms with Crippen molar-refractivity contribution >= 4 is 33.7 Å². The number of hydrogen-bond donors (Lipinski definition) is 1. The predicted octanol–water partition coefficient (Wildman–Crippen LogP) is 4.05. The summed E-state index contributed by atoms with van der Waals surface area (Å²) in [4.78, 5) is 45.4. The first-order valence-corrected chi connectivity index (χ1v) is 15.7. The van der Waals surface area contributed by atoms with Gasteiger partial charge >= 0.3 is 5.97 Å².